The highest BCUT2D eigenvalue weighted by atomic mass is 31.2. The first-order valence-electron chi connectivity index (χ1n) is 6.01. The van der Waals surface area contributed by atoms with Gasteiger partial charge in [-0.1, -0.05) is 0 Å². The third-order valence-corrected chi connectivity index (χ3v) is 3.59. The van der Waals surface area contributed by atoms with Gasteiger partial charge in [0.25, 0.3) is 0 Å². The van der Waals surface area contributed by atoms with E-state index in [1.165, 1.54) is 20.7 Å². The van der Waals surface area contributed by atoms with E-state index in [2.05, 4.69) is 14.6 Å². The molecule has 8 nitrogen and oxygen atoms in total. The van der Waals surface area contributed by atoms with Crippen LogP contribution >= 0.6 is 7.29 Å². The Hall–Kier alpha value is -1.11. The van der Waals surface area contributed by atoms with Crippen LogP contribution in [0.1, 0.15) is 20.8 Å². The highest BCUT2D eigenvalue weighted by Crippen LogP contribution is 2.36. The van der Waals surface area contributed by atoms with Gasteiger partial charge in [0.15, 0.2) is 7.29 Å². The van der Waals surface area contributed by atoms with E-state index in [4.69, 9.17) is 9.47 Å². The average Bonchev–Trinajstić information content (AvgIpc) is 2.26. The van der Waals surface area contributed by atoms with Crippen molar-refractivity contribution in [2.45, 2.75) is 32.9 Å². The number of ether oxygens (including phenoxy) is 4. The normalized spacial score (nSPS) is 15.3. The summed E-state index contributed by atoms with van der Waals surface area (Å²) >= 11 is 0. The summed E-state index contributed by atoms with van der Waals surface area (Å²) in [7, 11) is -1.37. The second kappa shape index (κ2) is 8.94. The Morgan fingerprint density at radius 1 is 1.20 bits per heavy atom. The number of methoxy groups -OCH3 is 1. The fraction of sp³-hybridized carbons (Fsp3) is 0.818. The zero-order valence-electron chi connectivity index (χ0n) is 12.4. The molecule has 0 saturated carbocycles. The number of hydrogen-bond donors (Lipinski definition) is 1. The van der Waals surface area contributed by atoms with E-state index in [9.17, 15) is 14.2 Å². The minimum absolute atomic E-state index is 0.00182. The standard InChI is InChI=1S/C11H22NO7P/c1-8(2)19-11(14)18-6-17-10(13)9(3)12-20(5,15)7-16-4/h8-9H,6-7H2,1-5H3,(H,12,15). The topological polar surface area (TPSA) is 100 Å². The first-order valence-corrected chi connectivity index (χ1v) is 8.35. The van der Waals surface area contributed by atoms with Gasteiger partial charge < -0.3 is 23.5 Å². The van der Waals surface area contributed by atoms with Crippen molar-refractivity contribution < 1.29 is 33.1 Å². The zero-order valence-corrected chi connectivity index (χ0v) is 13.3. The Balaban J connectivity index is 4.03. The predicted octanol–water partition coefficient (Wildman–Crippen LogP) is 1.54. The van der Waals surface area contributed by atoms with Crippen LogP contribution in [0.15, 0.2) is 0 Å². The molecule has 0 spiro atoms. The molecule has 0 aromatic carbocycles. The molecule has 1 N–H and O–H groups in total. The Morgan fingerprint density at radius 3 is 2.30 bits per heavy atom. The molecule has 0 aromatic heterocycles. The highest BCUT2D eigenvalue weighted by molar-refractivity contribution is 7.60. The van der Waals surface area contributed by atoms with Crippen LogP contribution in [-0.4, -0.2) is 51.2 Å². The maximum absolute atomic E-state index is 11.9. The summed E-state index contributed by atoms with van der Waals surface area (Å²) in [5.41, 5.74) is 0. The summed E-state index contributed by atoms with van der Waals surface area (Å²) in [4.78, 5) is 22.6. The van der Waals surface area contributed by atoms with E-state index in [0.29, 0.717) is 0 Å². The number of carbonyl (C=O) groups excluding carboxylic acids is 2. The Kier molecular flexibility index (Phi) is 8.45. The van der Waals surface area contributed by atoms with Gasteiger partial charge in [0, 0.05) is 13.8 Å². The van der Waals surface area contributed by atoms with Crippen LogP contribution in [0.2, 0.25) is 0 Å². The molecule has 9 heteroatoms. The Morgan fingerprint density at radius 2 is 1.80 bits per heavy atom. The maximum Gasteiger partial charge on any atom is 0.511 e. The summed E-state index contributed by atoms with van der Waals surface area (Å²) in [5, 5.41) is 2.61. The lowest BCUT2D eigenvalue weighted by Crippen LogP contribution is -2.34. The van der Waals surface area contributed by atoms with Crippen molar-refractivity contribution in [1.29, 1.82) is 0 Å². The van der Waals surface area contributed by atoms with Crippen LogP contribution in [0.5, 0.6) is 0 Å². The van der Waals surface area contributed by atoms with Gasteiger partial charge in [-0.3, -0.25) is 9.88 Å². The van der Waals surface area contributed by atoms with Gasteiger partial charge >= 0.3 is 12.1 Å². The number of esters is 1. The van der Waals surface area contributed by atoms with Crippen LogP contribution < -0.4 is 5.09 Å². The lowest BCUT2D eigenvalue weighted by atomic mass is 10.4. The van der Waals surface area contributed by atoms with Crippen LogP contribution in [0.25, 0.3) is 0 Å². The molecule has 0 aliphatic rings. The lowest BCUT2D eigenvalue weighted by molar-refractivity contribution is -0.155. The van der Waals surface area contributed by atoms with Gasteiger partial charge in [0.05, 0.1) is 6.10 Å². The smallest absolute Gasteiger partial charge is 0.431 e. The van der Waals surface area contributed by atoms with Gasteiger partial charge in [-0.25, -0.2) is 4.79 Å². The van der Waals surface area contributed by atoms with Gasteiger partial charge in [0.1, 0.15) is 12.4 Å². The molecule has 0 rings (SSSR count). The van der Waals surface area contributed by atoms with Gasteiger partial charge in [-0.05, 0) is 20.8 Å². The SMILES string of the molecule is COCP(C)(=O)NC(C)C(=O)OCOC(=O)OC(C)C. The van der Waals surface area contributed by atoms with E-state index in [0.717, 1.165) is 0 Å². The molecule has 118 valence electrons. The largest absolute Gasteiger partial charge is 0.511 e. The van der Waals surface area contributed by atoms with Crippen molar-refractivity contribution in [3.05, 3.63) is 0 Å². The van der Waals surface area contributed by atoms with Crippen molar-refractivity contribution in [3.8, 4) is 0 Å². The second-order valence-corrected chi connectivity index (χ2v) is 7.23. The summed E-state index contributed by atoms with van der Waals surface area (Å²) in [6, 6.07) is -0.814. The van der Waals surface area contributed by atoms with Crippen molar-refractivity contribution in [2.75, 3.05) is 26.9 Å². The van der Waals surface area contributed by atoms with E-state index >= 15 is 0 Å². The molecule has 2 atom stereocenters. The van der Waals surface area contributed by atoms with Crippen LogP contribution in [0.4, 0.5) is 4.79 Å². The number of carbonyl (C=O) groups is 2. The molecule has 0 aliphatic heterocycles. The van der Waals surface area contributed by atoms with Crippen molar-refractivity contribution in [1.82, 2.24) is 5.09 Å². The number of hydrogen-bond acceptors (Lipinski definition) is 7. The molecule has 0 fully saturated rings. The third kappa shape index (κ3) is 8.90. The Bertz CT molecular complexity index is 372. The van der Waals surface area contributed by atoms with Gasteiger partial charge in [-0.2, -0.15) is 0 Å². The van der Waals surface area contributed by atoms with E-state index in [-0.39, 0.29) is 12.5 Å². The molecule has 0 aliphatic carbocycles. The van der Waals surface area contributed by atoms with Crippen LogP contribution in [0.3, 0.4) is 0 Å². The van der Waals surface area contributed by atoms with Crippen molar-refractivity contribution >= 4 is 19.4 Å². The molecular formula is C11H22NO7P. The zero-order chi connectivity index (χ0) is 15.8. The summed E-state index contributed by atoms with van der Waals surface area (Å²) in [6.45, 7) is 5.70. The highest BCUT2D eigenvalue weighted by Gasteiger charge is 2.23. The van der Waals surface area contributed by atoms with E-state index in [1.807, 2.05) is 0 Å². The number of nitrogens with one attached hydrogen (secondary N) is 1. The summed E-state index contributed by atoms with van der Waals surface area (Å²) in [5.74, 6) is -0.694. The molecule has 20 heavy (non-hydrogen) atoms. The van der Waals surface area contributed by atoms with Crippen molar-refractivity contribution in [3.63, 3.8) is 0 Å². The molecule has 0 amide bonds. The van der Waals surface area contributed by atoms with Gasteiger partial charge in [-0.15, -0.1) is 0 Å². The fourth-order valence-electron chi connectivity index (χ4n) is 1.23. The minimum Gasteiger partial charge on any atom is -0.431 e. The van der Waals surface area contributed by atoms with Gasteiger partial charge in [0.2, 0.25) is 6.79 Å². The fourth-order valence-corrected chi connectivity index (χ4v) is 2.73. The Labute approximate surface area is 118 Å². The quantitative estimate of drug-likeness (QED) is 0.409. The molecule has 0 bridgehead atoms. The monoisotopic (exact) mass is 311 g/mol. The molecule has 2 unspecified atom stereocenters. The molecule has 0 radical (unpaired) electrons. The molecule has 0 saturated heterocycles. The summed E-state index contributed by atoms with van der Waals surface area (Å²) < 4.78 is 30.6. The van der Waals surface area contributed by atoms with Crippen molar-refractivity contribution in [2.24, 2.45) is 0 Å². The molecule has 0 aromatic rings. The third-order valence-electron chi connectivity index (χ3n) is 1.91. The summed E-state index contributed by atoms with van der Waals surface area (Å²) in [6.07, 6.45) is -1.24. The predicted molar refractivity (Wildman–Crippen MR) is 71.7 cm³/mol. The first-order chi connectivity index (χ1) is 9.18. The molecule has 0 heterocycles. The first kappa shape index (κ1) is 18.9. The van der Waals surface area contributed by atoms with Crippen LogP contribution in [-0.2, 0) is 28.3 Å². The lowest BCUT2D eigenvalue weighted by Gasteiger charge is -2.18. The minimum atomic E-state index is -2.78. The second-order valence-electron chi connectivity index (χ2n) is 4.51. The van der Waals surface area contributed by atoms with E-state index in [1.54, 1.807) is 13.8 Å². The average molecular weight is 311 g/mol. The maximum atomic E-state index is 11.9. The van der Waals surface area contributed by atoms with E-state index < -0.39 is 32.3 Å². The molecular weight excluding hydrogens is 289 g/mol. The number of rotatable bonds is 8. The van der Waals surface area contributed by atoms with Crippen LogP contribution in [0, 0.1) is 0 Å².